The predicted molar refractivity (Wildman–Crippen MR) is 125 cm³/mol. The fourth-order valence-corrected chi connectivity index (χ4v) is 3.11. The Hall–Kier alpha value is -2.29. The molecule has 0 aliphatic carbocycles. The van der Waals surface area contributed by atoms with Crippen LogP contribution in [0.5, 0.6) is 0 Å². The molecule has 0 bridgehead atoms. The zero-order valence-corrected chi connectivity index (χ0v) is 21.4. The Morgan fingerprint density at radius 1 is 1.03 bits per heavy atom. The molecule has 31 heavy (non-hydrogen) atoms. The van der Waals surface area contributed by atoms with Crippen molar-refractivity contribution in [2.75, 3.05) is 0 Å². The summed E-state index contributed by atoms with van der Waals surface area (Å²) in [5, 5.41) is 11.7. The third-order valence-corrected chi connectivity index (χ3v) is 4.45. The largest absolute Gasteiger partial charge is 0.512 e. The molecule has 0 unspecified atom stereocenters. The molecule has 167 valence electrons. The number of nitrogens with zero attached hydrogens (tertiary/aromatic N) is 1. The standard InChI is InChI=1S/C16H12N.C11H20O2.Ir/c1-12-6-8-14(9-7-12)16-15-5-3-2-4-13(15)10-11-17-16;1-8(2)5-10(12)7-11(13)6-9(3)4;/h2-8,10-11H,1H3;7-9,12H,5-6H2,1-4H3;/q-1;;/b;10-7-;. The summed E-state index contributed by atoms with van der Waals surface area (Å²) in [5.74, 6) is 0.979. The molecule has 1 heterocycles. The summed E-state index contributed by atoms with van der Waals surface area (Å²) < 4.78 is 0. The van der Waals surface area contributed by atoms with Crippen LogP contribution >= 0.6 is 0 Å². The average Bonchev–Trinajstić information content (AvgIpc) is 2.67. The van der Waals surface area contributed by atoms with Gasteiger partial charge in [0.05, 0.1) is 5.76 Å². The molecule has 3 aromatic rings. The second-order valence-electron chi connectivity index (χ2n) is 8.46. The number of hydrogen-bond donors (Lipinski definition) is 1. The van der Waals surface area contributed by atoms with Crippen LogP contribution in [0, 0.1) is 24.8 Å². The van der Waals surface area contributed by atoms with Gasteiger partial charge in [-0.15, -0.1) is 35.4 Å². The van der Waals surface area contributed by atoms with Crippen molar-refractivity contribution < 1.29 is 30.0 Å². The van der Waals surface area contributed by atoms with E-state index in [0.717, 1.165) is 11.3 Å². The maximum absolute atomic E-state index is 11.2. The number of aromatic nitrogens is 1. The van der Waals surface area contributed by atoms with Crippen LogP contribution in [0.2, 0.25) is 0 Å². The van der Waals surface area contributed by atoms with Crippen molar-refractivity contribution in [1.82, 2.24) is 4.98 Å². The van der Waals surface area contributed by atoms with Gasteiger partial charge in [0.15, 0.2) is 5.78 Å². The molecule has 3 rings (SSSR count). The van der Waals surface area contributed by atoms with Gasteiger partial charge in [0.1, 0.15) is 0 Å². The second-order valence-corrected chi connectivity index (χ2v) is 8.46. The minimum absolute atomic E-state index is 0. The number of aryl methyl sites for hydroxylation is 1. The zero-order chi connectivity index (χ0) is 22.1. The maximum Gasteiger partial charge on any atom is 0.159 e. The van der Waals surface area contributed by atoms with E-state index >= 15 is 0 Å². The average molecular weight is 595 g/mol. The number of pyridine rings is 1. The van der Waals surface area contributed by atoms with E-state index in [1.54, 1.807) is 0 Å². The number of benzene rings is 2. The Balaban J connectivity index is 0.000000314. The van der Waals surface area contributed by atoms with Crippen LogP contribution in [0.15, 0.2) is 66.6 Å². The molecule has 1 N–H and O–H groups in total. The van der Waals surface area contributed by atoms with Crippen LogP contribution in [0.4, 0.5) is 0 Å². The summed E-state index contributed by atoms with van der Waals surface area (Å²) in [5.41, 5.74) is 3.27. The summed E-state index contributed by atoms with van der Waals surface area (Å²) in [4.78, 5) is 15.7. The van der Waals surface area contributed by atoms with E-state index in [0.29, 0.717) is 24.7 Å². The molecule has 1 radical (unpaired) electrons. The molecule has 0 atom stereocenters. The number of aliphatic hydroxyl groups excluding tert-OH is 1. The van der Waals surface area contributed by atoms with E-state index in [4.69, 9.17) is 0 Å². The topological polar surface area (TPSA) is 50.2 Å². The zero-order valence-electron chi connectivity index (χ0n) is 19.0. The van der Waals surface area contributed by atoms with E-state index in [9.17, 15) is 9.90 Å². The van der Waals surface area contributed by atoms with Crippen LogP contribution in [-0.4, -0.2) is 15.9 Å². The first-order valence-electron chi connectivity index (χ1n) is 10.5. The van der Waals surface area contributed by atoms with Gasteiger partial charge < -0.3 is 10.1 Å². The monoisotopic (exact) mass is 595 g/mol. The van der Waals surface area contributed by atoms with E-state index < -0.39 is 0 Å². The summed E-state index contributed by atoms with van der Waals surface area (Å²) in [6.07, 6.45) is 4.32. The van der Waals surface area contributed by atoms with Gasteiger partial charge in [-0.3, -0.25) is 4.79 Å². The molecular formula is C27H32IrNO2-. The number of carbonyl (C=O) groups is 1. The second kappa shape index (κ2) is 13.2. The molecule has 0 aliphatic heterocycles. The molecule has 0 fully saturated rings. The molecule has 2 aromatic carbocycles. The van der Waals surface area contributed by atoms with Crippen LogP contribution in [-0.2, 0) is 24.9 Å². The quantitative estimate of drug-likeness (QED) is 0.188. The minimum Gasteiger partial charge on any atom is -0.512 e. The molecule has 3 nitrogen and oxygen atoms in total. The smallest absolute Gasteiger partial charge is 0.159 e. The number of aliphatic hydroxyl groups is 1. The molecule has 0 saturated heterocycles. The Morgan fingerprint density at radius 3 is 2.32 bits per heavy atom. The Kier molecular flexibility index (Phi) is 11.4. The van der Waals surface area contributed by atoms with Crippen LogP contribution in [0.25, 0.3) is 22.0 Å². The molecule has 1 aromatic heterocycles. The molecular weight excluding hydrogens is 563 g/mol. The van der Waals surface area contributed by atoms with Crippen LogP contribution in [0.1, 0.15) is 46.1 Å². The van der Waals surface area contributed by atoms with Gasteiger partial charge >= 0.3 is 0 Å². The van der Waals surface area contributed by atoms with Crippen molar-refractivity contribution in [3.63, 3.8) is 0 Å². The molecule has 0 saturated carbocycles. The molecule has 0 spiro atoms. The van der Waals surface area contributed by atoms with Crippen molar-refractivity contribution in [1.29, 1.82) is 0 Å². The summed E-state index contributed by atoms with van der Waals surface area (Å²) >= 11 is 0. The van der Waals surface area contributed by atoms with Gasteiger partial charge in [0.25, 0.3) is 0 Å². The fraction of sp³-hybridized carbons (Fsp3) is 0.333. The first kappa shape index (κ1) is 26.7. The number of carbonyl (C=O) groups excluding carboxylic acids is 1. The van der Waals surface area contributed by atoms with Gasteiger partial charge in [-0.1, -0.05) is 58.9 Å². The summed E-state index contributed by atoms with van der Waals surface area (Å²) in [7, 11) is 0. The number of ketones is 1. The predicted octanol–water partition coefficient (Wildman–Crippen LogP) is 7.10. The van der Waals surface area contributed by atoms with Gasteiger partial charge in [0.2, 0.25) is 0 Å². The maximum atomic E-state index is 11.2. The van der Waals surface area contributed by atoms with Gasteiger partial charge in [0, 0.05) is 45.2 Å². The third kappa shape index (κ3) is 9.16. The van der Waals surface area contributed by atoms with Crippen molar-refractivity contribution in [2.45, 2.75) is 47.5 Å². The first-order valence-corrected chi connectivity index (χ1v) is 10.5. The summed E-state index contributed by atoms with van der Waals surface area (Å²) in [6, 6.07) is 19.8. The third-order valence-electron chi connectivity index (χ3n) is 4.45. The summed E-state index contributed by atoms with van der Waals surface area (Å²) in [6.45, 7) is 10.1. The Morgan fingerprint density at radius 2 is 1.71 bits per heavy atom. The number of fused-ring (bicyclic) bond motifs is 1. The Labute approximate surface area is 200 Å². The van der Waals surface area contributed by atoms with Crippen LogP contribution in [0.3, 0.4) is 0 Å². The normalized spacial score (nSPS) is 11.1. The first-order chi connectivity index (χ1) is 14.3. The number of rotatable bonds is 6. The van der Waals surface area contributed by atoms with Gasteiger partial charge in [-0.25, -0.2) is 0 Å². The SMILES string of the molecule is CC(C)CC(=O)/C=C(\O)CC(C)C.Cc1c[c-]c(-c2nccc3ccccc23)cc1.[Ir]. The van der Waals surface area contributed by atoms with Crippen molar-refractivity contribution in [2.24, 2.45) is 11.8 Å². The van der Waals surface area contributed by atoms with E-state index in [1.807, 2.05) is 58.2 Å². The van der Waals surface area contributed by atoms with Gasteiger partial charge in [-0.05, 0) is 34.4 Å². The van der Waals surface area contributed by atoms with Crippen molar-refractivity contribution >= 4 is 16.6 Å². The van der Waals surface area contributed by atoms with Crippen LogP contribution < -0.4 is 0 Å². The molecule has 0 amide bonds. The van der Waals surface area contributed by atoms with Crippen molar-refractivity contribution in [3.05, 3.63) is 78.2 Å². The van der Waals surface area contributed by atoms with Crippen molar-refractivity contribution in [3.8, 4) is 11.3 Å². The fourth-order valence-electron chi connectivity index (χ4n) is 3.11. The van der Waals surface area contributed by atoms with E-state index in [1.165, 1.54) is 22.4 Å². The minimum atomic E-state index is 0. The molecule has 0 aliphatic rings. The number of hydrogen-bond acceptors (Lipinski definition) is 3. The Bertz CT molecular complexity index is 986. The van der Waals surface area contributed by atoms with E-state index in [-0.39, 0.29) is 31.6 Å². The number of allylic oxidation sites excluding steroid dienone is 2. The van der Waals surface area contributed by atoms with Gasteiger partial charge in [-0.2, -0.15) is 0 Å². The molecule has 4 heteroatoms. The van der Waals surface area contributed by atoms with E-state index in [2.05, 4.69) is 42.2 Å².